The number of amides is 1. The van der Waals surface area contributed by atoms with Crippen molar-refractivity contribution in [1.29, 1.82) is 0 Å². The number of carbonyl (C=O) groups excluding carboxylic acids is 1. The molecule has 0 aliphatic heterocycles. The summed E-state index contributed by atoms with van der Waals surface area (Å²) in [4.78, 5) is 13.0. The van der Waals surface area contributed by atoms with Crippen LogP contribution in [0.1, 0.15) is 40.9 Å². The van der Waals surface area contributed by atoms with Crippen molar-refractivity contribution in [2.45, 2.75) is 37.8 Å². The molecule has 5 heteroatoms. The topological polar surface area (TPSA) is 58.6 Å². The fraction of sp³-hybridized carbons (Fsp3) is 0.533. The lowest BCUT2D eigenvalue weighted by molar-refractivity contribution is 0.0915. The van der Waals surface area contributed by atoms with Gasteiger partial charge in [-0.2, -0.15) is 0 Å². The van der Waals surface area contributed by atoms with E-state index < -0.39 is 0 Å². The number of carbonyl (C=O) groups is 1. The van der Waals surface area contributed by atoms with Crippen molar-refractivity contribution >= 4 is 17.2 Å². The molecule has 0 saturated heterocycles. The molecule has 2 rings (SSSR count). The van der Waals surface area contributed by atoms with Crippen molar-refractivity contribution < 1.29 is 14.6 Å². The zero-order valence-electron chi connectivity index (χ0n) is 11.5. The maximum absolute atomic E-state index is 12.1. The largest absolute Gasteiger partial charge is 0.395 e. The molecule has 1 aromatic rings. The summed E-state index contributed by atoms with van der Waals surface area (Å²) in [7, 11) is 1.71. The van der Waals surface area contributed by atoms with E-state index in [0.29, 0.717) is 12.0 Å². The van der Waals surface area contributed by atoms with Crippen LogP contribution in [0, 0.1) is 11.8 Å². The van der Waals surface area contributed by atoms with Crippen molar-refractivity contribution in [1.82, 2.24) is 5.32 Å². The van der Waals surface area contributed by atoms with Crippen LogP contribution in [-0.4, -0.2) is 36.9 Å². The van der Waals surface area contributed by atoms with Crippen LogP contribution in [0.3, 0.4) is 0 Å². The monoisotopic (exact) mass is 293 g/mol. The van der Waals surface area contributed by atoms with Crippen molar-refractivity contribution in [2.75, 3.05) is 13.7 Å². The maximum atomic E-state index is 12.1. The van der Waals surface area contributed by atoms with Gasteiger partial charge < -0.3 is 15.2 Å². The number of hydrogen-bond acceptors (Lipinski definition) is 4. The van der Waals surface area contributed by atoms with Gasteiger partial charge in [-0.05, 0) is 25.3 Å². The second-order valence-corrected chi connectivity index (χ2v) is 5.73. The molecule has 0 bridgehead atoms. The number of thiophene rings is 1. The van der Waals surface area contributed by atoms with Crippen LogP contribution >= 0.6 is 11.3 Å². The van der Waals surface area contributed by atoms with E-state index in [-0.39, 0.29) is 24.7 Å². The van der Waals surface area contributed by atoms with Gasteiger partial charge >= 0.3 is 0 Å². The summed E-state index contributed by atoms with van der Waals surface area (Å²) in [5, 5.41) is 13.5. The molecule has 108 valence electrons. The summed E-state index contributed by atoms with van der Waals surface area (Å²) in [5.41, 5.74) is 0.657. The van der Waals surface area contributed by atoms with E-state index in [4.69, 9.17) is 9.84 Å². The highest BCUT2D eigenvalue weighted by Crippen LogP contribution is 2.22. The average Bonchev–Trinajstić information content (AvgIpc) is 3.08. The molecule has 2 N–H and O–H groups in total. The number of ether oxygens (including phenoxy) is 1. The highest BCUT2D eigenvalue weighted by atomic mass is 32.1. The van der Waals surface area contributed by atoms with Crippen molar-refractivity contribution in [3.63, 3.8) is 0 Å². The van der Waals surface area contributed by atoms with Crippen LogP contribution in [0.2, 0.25) is 0 Å². The van der Waals surface area contributed by atoms with Gasteiger partial charge in [-0.3, -0.25) is 4.79 Å². The van der Waals surface area contributed by atoms with Gasteiger partial charge in [0, 0.05) is 25.0 Å². The van der Waals surface area contributed by atoms with Gasteiger partial charge in [-0.25, -0.2) is 0 Å². The Balaban J connectivity index is 1.89. The second kappa shape index (κ2) is 7.44. The van der Waals surface area contributed by atoms with E-state index >= 15 is 0 Å². The first-order valence-corrected chi connectivity index (χ1v) is 7.63. The smallest absolute Gasteiger partial charge is 0.252 e. The standard InChI is InChI=1S/C15H19NO3S/c1-19-13-6-5-12(9-13)16-15(18)11-8-14(20-10-11)4-2-3-7-17/h8,10,12-13,17H,3,5-7,9H2,1H3,(H,16,18). The molecule has 1 amide bonds. The Kier molecular flexibility index (Phi) is 5.60. The summed E-state index contributed by atoms with van der Waals surface area (Å²) in [6.07, 6.45) is 3.58. The van der Waals surface area contributed by atoms with Gasteiger partial charge in [0.15, 0.2) is 0 Å². The highest BCUT2D eigenvalue weighted by Gasteiger charge is 2.26. The summed E-state index contributed by atoms with van der Waals surface area (Å²) in [6, 6.07) is 2.00. The lowest BCUT2D eigenvalue weighted by atomic mass is 10.2. The molecule has 1 saturated carbocycles. The van der Waals surface area contributed by atoms with Gasteiger partial charge in [0.25, 0.3) is 5.91 Å². The minimum absolute atomic E-state index is 0.0433. The molecule has 1 aliphatic carbocycles. The molecule has 0 spiro atoms. The third kappa shape index (κ3) is 4.07. The molecule has 2 atom stereocenters. The first kappa shape index (κ1) is 15.0. The van der Waals surface area contributed by atoms with Gasteiger partial charge in [-0.15, -0.1) is 11.3 Å². The van der Waals surface area contributed by atoms with Crippen LogP contribution < -0.4 is 5.32 Å². The van der Waals surface area contributed by atoms with E-state index in [1.54, 1.807) is 13.2 Å². The molecule has 1 fully saturated rings. The Labute approximate surface area is 123 Å². The average molecular weight is 293 g/mol. The number of methoxy groups -OCH3 is 1. The Morgan fingerprint density at radius 2 is 2.45 bits per heavy atom. The lowest BCUT2D eigenvalue weighted by Gasteiger charge is -2.12. The van der Waals surface area contributed by atoms with E-state index in [9.17, 15) is 4.79 Å². The summed E-state index contributed by atoms with van der Waals surface area (Å²) in [6.45, 7) is 0.0636. The first-order chi connectivity index (χ1) is 9.72. The fourth-order valence-electron chi connectivity index (χ4n) is 2.28. The molecule has 1 heterocycles. The Bertz CT molecular complexity index is 515. The van der Waals surface area contributed by atoms with Gasteiger partial charge in [0.1, 0.15) is 0 Å². The molecule has 4 nitrogen and oxygen atoms in total. The second-order valence-electron chi connectivity index (χ2n) is 4.82. The Morgan fingerprint density at radius 3 is 3.15 bits per heavy atom. The number of aliphatic hydroxyl groups excluding tert-OH is 1. The predicted octanol–water partition coefficient (Wildman–Crippen LogP) is 1.78. The van der Waals surface area contributed by atoms with Crippen molar-refractivity contribution in [2.24, 2.45) is 0 Å². The minimum Gasteiger partial charge on any atom is -0.395 e. The normalized spacial score (nSPS) is 21.3. The van der Waals surface area contributed by atoms with Crippen LogP contribution in [0.25, 0.3) is 0 Å². The van der Waals surface area contributed by atoms with Crippen molar-refractivity contribution in [3.8, 4) is 11.8 Å². The molecule has 1 aliphatic rings. The van der Waals surface area contributed by atoms with Gasteiger partial charge in [-0.1, -0.05) is 11.8 Å². The van der Waals surface area contributed by atoms with E-state index in [1.807, 2.05) is 5.38 Å². The van der Waals surface area contributed by atoms with Gasteiger partial charge in [0.2, 0.25) is 0 Å². The maximum Gasteiger partial charge on any atom is 0.252 e. The number of hydrogen-bond donors (Lipinski definition) is 2. The third-order valence-electron chi connectivity index (χ3n) is 3.36. The molecule has 1 aromatic heterocycles. The van der Waals surface area contributed by atoms with E-state index in [0.717, 1.165) is 24.1 Å². The summed E-state index contributed by atoms with van der Waals surface area (Å²) in [5.74, 6) is 5.75. The van der Waals surface area contributed by atoms with Crippen molar-refractivity contribution in [3.05, 3.63) is 21.9 Å². The first-order valence-electron chi connectivity index (χ1n) is 6.75. The number of aliphatic hydroxyl groups is 1. The van der Waals surface area contributed by atoms with Crippen LogP contribution in [0.5, 0.6) is 0 Å². The minimum atomic E-state index is -0.0433. The van der Waals surface area contributed by atoms with Crippen LogP contribution in [0.15, 0.2) is 11.4 Å². The lowest BCUT2D eigenvalue weighted by Crippen LogP contribution is -2.33. The molecular formula is C15H19NO3S. The number of rotatable bonds is 4. The fourth-order valence-corrected chi connectivity index (χ4v) is 3.04. The molecular weight excluding hydrogens is 274 g/mol. The van der Waals surface area contributed by atoms with Crippen LogP contribution in [-0.2, 0) is 4.74 Å². The third-order valence-corrected chi connectivity index (χ3v) is 4.21. The molecule has 2 unspecified atom stereocenters. The van der Waals surface area contributed by atoms with Crippen LogP contribution in [0.4, 0.5) is 0 Å². The quantitative estimate of drug-likeness (QED) is 0.832. The van der Waals surface area contributed by atoms with E-state index in [1.165, 1.54) is 11.3 Å². The Morgan fingerprint density at radius 1 is 1.60 bits per heavy atom. The van der Waals surface area contributed by atoms with Gasteiger partial charge in [0.05, 0.1) is 23.2 Å². The molecule has 0 radical (unpaired) electrons. The predicted molar refractivity (Wildman–Crippen MR) is 78.8 cm³/mol. The zero-order valence-corrected chi connectivity index (χ0v) is 12.3. The summed E-state index contributed by atoms with van der Waals surface area (Å²) >= 11 is 1.45. The Hall–Kier alpha value is -1.35. The highest BCUT2D eigenvalue weighted by molar-refractivity contribution is 7.10. The molecule has 20 heavy (non-hydrogen) atoms. The van der Waals surface area contributed by atoms with E-state index in [2.05, 4.69) is 17.2 Å². The SMILES string of the molecule is COC1CCC(NC(=O)c2csc(C#CCCO)c2)C1. The molecule has 0 aromatic carbocycles. The number of nitrogens with one attached hydrogen (secondary N) is 1. The zero-order chi connectivity index (χ0) is 14.4. The summed E-state index contributed by atoms with van der Waals surface area (Å²) < 4.78 is 5.30.